The molecule has 102 valence electrons. The van der Waals surface area contributed by atoms with Crippen LogP contribution in [0.5, 0.6) is 5.88 Å². The van der Waals surface area contributed by atoms with Gasteiger partial charge in [0.1, 0.15) is 0 Å². The maximum atomic E-state index is 11.6. The number of benzene rings is 1. The first-order chi connectivity index (χ1) is 9.18. The molecular weight excluding hydrogens is 244 g/mol. The van der Waals surface area contributed by atoms with Crippen LogP contribution in [0.1, 0.15) is 26.2 Å². The third kappa shape index (κ3) is 3.54. The van der Waals surface area contributed by atoms with Gasteiger partial charge in [0.2, 0.25) is 5.88 Å². The van der Waals surface area contributed by atoms with E-state index >= 15 is 0 Å². The summed E-state index contributed by atoms with van der Waals surface area (Å²) in [6.07, 6.45) is 2.24. The SMILES string of the molecule is CC(O)CCCCOc1n[nH]c(=O)c2ccccc12. The quantitative estimate of drug-likeness (QED) is 0.779. The molecule has 1 heterocycles. The number of nitrogens with zero attached hydrogens (tertiary/aromatic N) is 1. The Labute approximate surface area is 111 Å². The van der Waals surface area contributed by atoms with Crippen LogP contribution >= 0.6 is 0 Å². The average Bonchev–Trinajstić information content (AvgIpc) is 2.41. The number of aromatic amines is 1. The molecule has 2 aromatic rings. The van der Waals surface area contributed by atoms with Crippen LogP contribution in [0.25, 0.3) is 10.8 Å². The second kappa shape index (κ2) is 6.33. The molecule has 19 heavy (non-hydrogen) atoms. The third-order valence-electron chi connectivity index (χ3n) is 2.92. The van der Waals surface area contributed by atoms with E-state index in [-0.39, 0.29) is 11.7 Å². The minimum atomic E-state index is -0.271. The van der Waals surface area contributed by atoms with Gasteiger partial charge in [-0.25, -0.2) is 5.10 Å². The Kier molecular flexibility index (Phi) is 4.52. The lowest BCUT2D eigenvalue weighted by Crippen LogP contribution is -2.11. The monoisotopic (exact) mass is 262 g/mol. The summed E-state index contributed by atoms with van der Waals surface area (Å²) in [7, 11) is 0. The largest absolute Gasteiger partial charge is 0.476 e. The first-order valence-electron chi connectivity index (χ1n) is 6.47. The number of ether oxygens (including phenoxy) is 1. The van der Waals surface area contributed by atoms with E-state index in [0.29, 0.717) is 17.9 Å². The molecule has 0 fully saturated rings. The Hall–Kier alpha value is -1.88. The Morgan fingerprint density at radius 1 is 1.32 bits per heavy atom. The number of unbranched alkanes of at least 4 members (excludes halogenated alkanes) is 1. The summed E-state index contributed by atoms with van der Waals surface area (Å²) in [5, 5.41) is 16.8. The van der Waals surface area contributed by atoms with Gasteiger partial charge in [-0.2, -0.15) is 0 Å². The number of hydrogen-bond donors (Lipinski definition) is 2. The molecule has 2 N–H and O–H groups in total. The van der Waals surface area contributed by atoms with Crippen LogP contribution in [0.2, 0.25) is 0 Å². The number of aliphatic hydroxyl groups excluding tert-OH is 1. The van der Waals surface area contributed by atoms with E-state index in [1.54, 1.807) is 13.0 Å². The van der Waals surface area contributed by atoms with Crippen molar-refractivity contribution in [1.82, 2.24) is 10.2 Å². The normalized spacial score (nSPS) is 12.5. The Morgan fingerprint density at radius 2 is 2.05 bits per heavy atom. The standard InChI is InChI=1S/C14H18N2O3/c1-10(17)6-4-5-9-19-14-12-8-3-2-7-11(12)13(18)15-16-14/h2-3,7-8,10,17H,4-6,9H2,1H3,(H,15,18). The third-order valence-corrected chi connectivity index (χ3v) is 2.92. The van der Waals surface area contributed by atoms with Crippen molar-refractivity contribution in [3.8, 4) is 5.88 Å². The smallest absolute Gasteiger partial charge is 0.272 e. The molecule has 0 amide bonds. The van der Waals surface area contributed by atoms with Crippen molar-refractivity contribution < 1.29 is 9.84 Å². The van der Waals surface area contributed by atoms with Crippen LogP contribution in [0, 0.1) is 0 Å². The highest BCUT2D eigenvalue weighted by molar-refractivity contribution is 5.85. The Balaban J connectivity index is 2.01. The lowest BCUT2D eigenvalue weighted by atomic mass is 10.2. The van der Waals surface area contributed by atoms with Crippen molar-refractivity contribution in [3.05, 3.63) is 34.6 Å². The summed E-state index contributed by atoms with van der Waals surface area (Å²) in [4.78, 5) is 11.6. The summed E-state index contributed by atoms with van der Waals surface area (Å²) in [6.45, 7) is 2.30. The molecule has 5 heteroatoms. The first-order valence-corrected chi connectivity index (χ1v) is 6.47. The molecule has 0 saturated heterocycles. The minimum Gasteiger partial charge on any atom is -0.476 e. The fourth-order valence-electron chi connectivity index (χ4n) is 1.91. The number of nitrogens with one attached hydrogen (secondary N) is 1. The molecule has 1 unspecified atom stereocenters. The van der Waals surface area contributed by atoms with Crippen LogP contribution in [-0.2, 0) is 0 Å². The molecular formula is C14H18N2O3. The van der Waals surface area contributed by atoms with Crippen molar-refractivity contribution in [2.45, 2.75) is 32.3 Å². The molecule has 0 aliphatic carbocycles. The van der Waals surface area contributed by atoms with Gasteiger partial charge in [-0.1, -0.05) is 12.1 Å². The highest BCUT2D eigenvalue weighted by atomic mass is 16.5. The van der Waals surface area contributed by atoms with Crippen molar-refractivity contribution in [3.63, 3.8) is 0 Å². The van der Waals surface area contributed by atoms with Gasteiger partial charge in [0.25, 0.3) is 5.56 Å². The van der Waals surface area contributed by atoms with Gasteiger partial charge in [0.05, 0.1) is 23.5 Å². The van der Waals surface area contributed by atoms with E-state index in [4.69, 9.17) is 9.84 Å². The minimum absolute atomic E-state index is 0.211. The Bertz CT molecular complexity index is 593. The molecule has 1 atom stereocenters. The van der Waals surface area contributed by atoms with E-state index in [2.05, 4.69) is 10.2 Å². The molecule has 2 rings (SSSR count). The number of fused-ring (bicyclic) bond motifs is 1. The van der Waals surface area contributed by atoms with Gasteiger partial charge < -0.3 is 9.84 Å². The van der Waals surface area contributed by atoms with Crippen molar-refractivity contribution in [2.75, 3.05) is 6.61 Å². The summed E-state index contributed by atoms with van der Waals surface area (Å²) in [5.74, 6) is 0.451. The summed E-state index contributed by atoms with van der Waals surface area (Å²) in [6, 6.07) is 7.23. The lowest BCUT2D eigenvalue weighted by molar-refractivity contribution is 0.176. The molecule has 0 bridgehead atoms. The van der Waals surface area contributed by atoms with Crippen LogP contribution < -0.4 is 10.3 Å². The molecule has 0 aliphatic rings. The number of aromatic nitrogens is 2. The number of aliphatic hydroxyl groups is 1. The predicted molar refractivity (Wildman–Crippen MR) is 73.4 cm³/mol. The van der Waals surface area contributed by atoms with Gasteiger partial charge in [0.15, 0.2) is 0 Å². The van der Waals surface area contributed by atoms with Crippen molar-refractivity contribution in [2.24, 2.45) is 0 Å². The highest BCUT2D eigenvalue weighted by Crippen LogP contribution is 2.19. The maximum absolute atomic E-state index is 11.6. The van der Waals surface area contributed by atoms with Gasteiger partial charge >= 0.3 is 0 Å². The topological polar surface area (TPSA) is 75.2 Å². The molecule has 1 aromatic carbocycles. The van der Waals surface area contributed by atoms with E-state index in [9.17, 15) is 4.79 Å². The second-order valence-corrected chi connectivity index (χ2v) is 4.60. The highest BCUT2D eigenvalue weighted by Gasteiger charge is 2.06. The number of H-pyrrole nitrogens is 1. The second-order valence-electron chi connectivity index (χ2n) is 4.60. The van der Waals surface area contributed by atoms with E-state index in [1.807, 2.05) is 18.2 Å². The number of rotatable bonds is 6. The predicted octanol–water partition coefficient (Wildman–Crippen LogP) is 1.85. The van der Waals surface area contributed by atoms with Gasteiger partial charge in [-0.3, -0.25) is 4.79 Å². The van der Waals surface area contributed by atoms with Crippen LogP contribution in [0.3, 0.4) is 0 Å². The zero-order valence-corrected chi connectivity index (χ0v) is 10.9. The molecule has 0 saturated carbocycles. The van der Waals surface area contributed by atoms with Crippen molar-refractivity contribution in [1.29, 1.82) is 0 Å². The average molecular weight is 262 g/mol. The summed E-state index contributed by atoms with van der Waals surface area (Å²) >= 11 is 0. The van der Waals surface area contributed by atoms with E-state index in [0.717, 1.165) is 24.6 Å². The summed E-state index contributed by atoms with van der Waals surface area (Å²) < 4.78 is 5.59. The number of hydrogen-bond acceptors (Lipinski definition) is 4. The van der Waals surface area contributed by atoms with Gasteiger partial charge in [-0.05, 0) is 38.3 Å². The van der Waals surface area contributed by atoms with Crippen LogP contribution in [0.4, 0.5) is 0 Å². The fourth-order valence-corrected chi connectivity index (χ4v) is 1.91. The van der Waals surface area contributed by atoms with Gasteiger partial charge in [-0.15, -0.1) is 5.10 Å². The van der Waals surface area contributed by atoms with Crippen LogP contribution in [0.15, 0.2) is 29.1 Å². The zero-order valence-electron chi connectivity index (χ0n) is 10.9. The molecule has 0 aliphatic heterocycles. The molecule has 0 spiro atoms. The molecule has 1 aromatic heterocycles. The molecule has 5 nitrogen and oxygen atoms in total. The van der Waals surface area contributed by atoms with E-state index < -0.39 is 0 Å². The first kappa shape index (κ1) is 13.5. The van der Waals surface area contributed by atoms with Crippen molar-refractivity contribution >= 4 is 10.8 Å². The van der Waals surface area contributed by atoms with E-state index in [1.165, 1.54) is 0 Å². The fraction of sp³-hybridized carbons (Fsp3) is 0.429. The lowest BCUT2D eigenvalue weighted by Gasteiger charge is -2.08. The Morgan fingerprint density at radius 3 is 2.79 bits per heavy atom. The zero-order chi connectivity index (χ0) is 13.7. The van der Waals surface area contributed by atoms with Crippen LogP contribution in [-0.4, -0.2) is 28.0 Å². The van der Waals surface area contributed by atoms with Gasteiger partial charge in [0, 0.05) is 0 Å². The molecule has 0 radical (unpaired) electrons. The summed E-state index contributed by atoms with van der Waals surface area (Å²) in [5.41, 5.74) is -0.211. The maximum Gasteiger partial charge on any atom is 0.272 e.